The van der Waals surface area contributed by atoms with E-state index in [4.69, 9.17) is 0 Å². The molecule has 1 heterocycles. The van der Waals surface area contributed by atoms with Gasteiger partial charge in [-0.25, -0.2) is 0 Å². The Morgan fingerprint density at radius 2 is 1.59 bits per heavy atom. The van der Waals surface area contributed by atoms with Crippen LogP contribution in [0.5, 0.6) is 5.75 Å². The summed E-state index contributed by atoms with van der Waals surface area (Å²) in [6, 6.07) is 19.9. The van der Waals surface area contributed by atoms with Crippen LogP contribution in [0.4, 0.5) is 0 Å². The quantitative estimate of drug-likeness (QED) is 0.682. The zero-order valence-corrected chi connectivity index (χ0v) is 12.4. The number of phenols is 1. The fraction of sp³-hybridized carbons (Fsp3) is 0.158. The third kappa shape index (κ3) is 3.57. The largest absolute Gasteiger partial charge is 0.508 e. The van der Waals surface area contributed by atoms with Crippen LogP contribution < -0.4 is 5.32 Å². The van der Waals surface area contributed by atoms with Gasteiger partial charge in [0.05, 0.1) is 0 Å². The Morgan fingerprint density at radius 3 is 2.36 bits per heavy atom. The lowest BCUT2D eigenvalue weighted by atomic mass is 10.1. The number of hydrogen-bond donors (Lipinski definition) is 2. The maximum Gasteiger partial charge on any atom is 0.115 e. The minimum atomic E-state index is 0.317. The molecule has 112 valence electrons. The number of aromatic nitrogens is 1. The smallest absolute Gasteiger partial charge is 0.115 e. The van der Waals surface area contributed by atoms with E-state index >= 15 is 0 Å². The van der Waals surface area contributed by atoms with Gasteiger partial charge in [-0.1, -0.05) is 30.3 Å². The average Bonchev–Trinajstić information content (AvgIpc) is 3.08. The standard InChI is InChI=1S/C19H20N2O/c22-18-9-7-16(8-10-18)11-12-20-15-17-5-1-2-6-19(17)21-13-3-4-14-21/h1-10,13-14,20,22H,11-12,15H2. The Bertz CT molecular complexity index is 703. The molecule has 0 bridgehead atoms. The SMILES string of the molecule is Oc1ccc(CCNCc2ccccc2-n2cccc2)cc1. The molecule has 0 atom stereocenters. The van der Waals surface area contributed by atoms with Gasteiger partial charge in [0.2, 0.25) is 0 Å². The van der Waals surface area contributed by atoms with Crippen molar-refractivity contribution in [2.45, 2.75) is 13.0 Å². The third-order valence-electron chi connectivity index (χ3n) is 3.72. The first-order valence-electron chi connectivity index (χ1n) is 7.53. The summed E-state index contributed by atoms with van der Waals surface area (Å²) < 4.78 is 2.14. The summed E-state index contributed by atoms with van der Waals surface area (Å²) in [4.78, 5) is 0. The van der Waals surface area contributed by atoms with Gasteiger partial charge in [-0.15, -0.1) is 0 Å². The van der Waals surface area contributed by atoms with Crippen LogP contribution in [0.2, 0.25) is 0 Å². The van der Waals surface area contributed by atoms with Crippen LogP contribution in [-0.4, -0.2) is 16.2 Å². The number of nitrogens with zero attached hydrogens (tertiary/aromatic N) is 1. The predicted molar refractivity (Wildman–Crippen MR) is 89.3 cm³/mol. The van der Waals surface area contributed by atoms with Crippen LogP contribution in [0.3, 0.4) is 0 Å². The van der Waals surface area contributed by atoms with Crippen LogP contribution in [-0.2, 0) is 13.0 Å². The number of nitrogens with one attached hydrogen (secondary N) is 1. The highest BCUT2D eigenvalue weighted by molar-refractivity contribution is 5.41. The molecule has 0 aliphatic rings. The van der Waals surface area contributed by atoms with Gasteiger partial charge in [0.1, 0.15) is 5.75 Å². The third-order valence-corrected chi connectivity index (χ3v) is 3.72. The first-order valence-corrected chi connectivity index (χ1v) is 7.53. The van der Waals surface area contributed by atoms with Crippen LogP contribution in [0.25, 0.3) is 5.69 Å². The monoisotopic (exact) mass is 292 g/mol. The molecule has 3 rings (SSSR count). The Morgan fingerprint density at radius 1 is 0.864 bits per heavy atom. The van der Waals surface area contributed by atoms with Gasteiger partial charge >= 0.3 is 0 Å². The summed E-state index contributed by atoms with van der Waals surface area (Å²) >= 11 is 0. The van der Waals surface area contributed by atoms with Gasteiger partial charge in [0, 0.05) is 24.6 Å². The molecule has 2 aromatic carbocycles. The molecule has 22 heavy (non-hydrogen) atoms. The molecule has 0 aliphatic heterocycles. The zero-order chi connectivity index (χ0) is 15.2. The molecule has 0 aliphatic carbocycles. The van der Waals surface area contributed by atoms with Crippen molar-refractivity contribution >= 4 is 0 Å². The summed E-state index contributed by atoms with van der Waals surface area (Å²) in [6.45, 7) is 1.75. The molecular formula is C19H20N2O. The van der Waals surface area contributed by atoms with E-state index in [0.29, 0.717) is 5.75 Å². The molecule has 0 unspecified atom stereocenters. The van der Waals surface area contributed by atoms with E-state index in [-0.39, 0.29) is 0 Å². The average molecular weight is 292 g/mol. The summed E-state index contributed by atoms with van der Waals surface area (Å²) in [5.41, 5.74) is 3.72. The van der Waals surface area contributed by atoms with Crippen molar-refractivity contribution in [3.8, 4) is 11.4 Å². The second-order valence-corrected chi connectivity index (χ2v) is 5.31. The van der Waals surface area contributed by atoms with Crippen molar-refractivity contribution in [1.29, 1.82) is 0 Å². The fourth-order valence-corrected chi connectivity index (χ4v) is 2.53. The van der Waals surface area contributed by atoms with E-state index < -0.39 is 0 Å². The van der Waals surface area contributed by atoms with E-state index in [9.17, 15) is 5.11 Å². The van der Waals surface area contributed by atoms with Crippen molar-refractivity contribution in [3.05, 3.63) is 84.2 Å². The molecule has 1 aromatic heterocycles. The van der Waals surface area contributed by atoms with Crippen molar-refractivity contribution in [2.75, 3.05) is 6.54 Å². The van der Waals surface area contributed by atoms with Crippen LogP contribution in [0, 0.1) is 0 Å². The Labute approximate surface area is 130 Å². The van der Waals surface area contributed by atoms with Crippen LogP contribution in [0.1, 0.15) is 11.1 Å². The summed E-state index contributed by atoms with van der Waals surface area (Å²) in [5.74, 6) is 0.317. The minimum Gasteiger partial charge on any atom is -0.508 e. The second kappa shape index (κ2) is 6.96. The van der Waals surface area contributed by atoms with Crippen molar-refractivity contribution in [1.82, 2.24) is 9.88 Å². The number of para-hydroxylation sites is 1. The molecule has 0 radical (unpaired) electrons. The molecule has 0 spiro atoms. The van der Waals surface area contributed by atoms with Gasteiger partial charge in [0.15, 0.2) is 0 Å². The number of rotatable bonds is 6. The molecule has 2 N–H and O–H groups in total. The summed E-state index contributed by atoms with van der Waals surface area (Å²) in [6.07, 6.45) is 5.08. The topological polar surface area (TPSA) is 37.2 Å². The van der Waals surface area contributed by atoms with Gasteiger partial charge in [-0.3, -0.25) is 0 Å². The van der Waals surface area contributed by atoms with Crippen molar-refractivity contribution in [3.63, 3.8) is 0 Å². The lowest BCUT2D eigenvalue weighted by Crippen LogP contribution is -2.17. The summed E-state index contributed by atoms with van der Waals surface area (Å²) in [5, 5.41) is 12.8. The van der Waals surface area contributed by atoms with E-state index in [0.717, 1.165) is 19.5 Å². The first-order chi connectivity index (χ1) is 10.8. The highest BCUT2D eigenvalue weighted by Gasteiger charge is 2.02. The van der Waals surface area contributed by atoms with Crippen LogP contribution in [0.15, 0.2) is 73.1 Å². The molecule has 0 saturated carbocycles. The number of hydrogen-bond acceptors (Lipinski definition) is 2. The highest BCUT2D eigenvalue weighted by atomic mass is 16.3. The fourth-order valence-electron chi connectivity index (χ4n) is 2.53. The lowest BCUT2D eigenvalue weighted by molar-refractivity contribution is 0.475. The first kappa shape index (κ1) is 14.4. The van der Waals surface area contributed by atoms with E-state index in [1.54, 1.807) is 12.1 Å². The van der Waals surface area contributed by atoms with Gasteiger partial charge in [-0.2, -0.15) is 0 Å². The van der Waals surface area contributed by atoms with E-state index in [2.05, 4.69) is 46.5 Å². The Hall–Kier alpha value is -2.52. The number of benzene rings is 2. The van der Waals surface area contributed by atoms with E-state index in [1.807, 2.05) is 24.3 Å². The van der Waals surface area contributed by atoms with Crippen LogP contribution >= 0.6 is 0 Å². The second-order valence-electron chi connectivity index (χ2n) is 5.31. The highest BCUT2D eigenvalue weighted by Crippen LogP contribution is 2.14. The molecule has 0 saturated heterocycles. The zero-order valence-electron chi connectivity index (χ0n) is 12.4. The van der Waals surface area contributed by atoms with Crippen molar-refractivity contribution < 1.29 is 5.11 Å². The number of aromatic hydroxyl groups is 1. The normalized spacial score (nSPS) is 10.7. The predicted octanol–water partition coefficient (Wildman–Crippen LogP) is 3.52. The Kier molecular flexibility index (Phi) is 4.56. The lowest BCUT2D eigenvalue weighted by Gasteiger charge is -2.11. The summed E-state index contributed by atoms with van der Waals surface area (Å²) in [7, 11) is 0. The van der Waals surface area contributed by atoms with Crippen molar-refractivity contribution in [2.24, 2.45) is 0 Å². The molecular weight excluding hydrogens is 272 g/mol. The van der Waals surface area contributed by atoms with Gasteiger partial charge < -0.3 is 15.0 Å². The molecule has 3 heteroatoms. The molecule has 3 nitrogen and oxygen atoms in total. The maximum atomic E-state index is 9.28. The maximum absolute atomic E-state index is 9.28. The minimum absolute atomic E-state index is 0.317. The number of phenolic OH excluding ortho intramolecular Hbond substituents is 1. The Balaban J connectivity index is 1.57. The van der Waals surface area contributed by atoms with Gasteiger partial charge in [-0.05, 0) is 54.4 Å². The van der Waals surface area contributed by atoms with Gasteiger partial charge in [0.25, 0.3) is 0 Å². The molecule has 0 fully saturated rings. The molecule has 0 amide bonds. The molecule has 3 aromatic rings. The van der Waals surface area contributed by atoms with E-state index in [1.165, 1.54) is 16.8 Å².